The van der Waals surface area contributed by atoms with E-state index in [0.717, 1.165) is 11.1 Å². The van der Waals surface area contributed by atoms with Gasteiger partial charge in [-0.3, -0.25) is 4.79 Å². The summed E-state index contributed by atoms with van der Waals surface area (Å²) in [6.07, 6.45) is 2.21. The van der Waals surface area contributed by atoms with Crippen LogP contribution in [0, 0.1) is 0 Å². The quantitative estimate of drug-likeness (QED) is 0.466. The molecule has 10 nitrogen and oxygen atoms in total. The number of carbonyl (C=O) groups is 2. The van der Waals surface area contributed by atoms with E-state index in [1.54, 1.807) is 56.6 Å². The van der Waals surface area contributed by atoms with E-state index in [-0.39, 0.29) is 19.0 Å². The van der Waals surface area contributed by atoms with E-state index in [0.29, 0.717) is 54.0 Å². The summed E-state index contributed by atoms with van der Waals surface area (Å²) >= 11 is 0. The lowest BCUT2D eigenvalue weighted by molar-refractivity contribution is -0.132. The third-order valence-electron chi connectivity index (χ3n) is 6.26. The first-order chi connectivity index (χ1) is 17.9. The highest BCUT2D eigenvalue weighted by molar-refractivity contribution is 5.93. The minimum Gasteiger partial charge on any atom is -0.497 e. The summed E-state index contributed by atoms with van der Waals surface area (Å²) < 4.78 is 26.9. The highest BCUT2D eigenvalue weighted by atomic mass is 16.5. The molecule has 2 heterocycles. The number of nitrogens with one attached hydrogen (secondary N) is 1. The second kappa shape index (κ2) is 11.6. The molecule has 0 saturated heterocycles. The number of nitrogens with zero attached hydrogens (tertiary/aromatic N) is 2. The molecule has 1 aromatic heterocycles. The van der Waals surface area contributed by atoms with Crippen LogP contribution in [0.25, 0.3) is 0 Å². The van der Waals surface area contributed by atoms with Crippen molar-refractivity contribution in [2.45, 2.75) is 19.5 Å². The van der Waals surface area contributed by atoms with E-state index in [9.17, 15) is 9.59 Å². The van der Waals surface area contributed by atoms with Gasteiger partial charge in [-0.1, -0.05) is 0 Å². The molecule has 37 heavy (non-hydrogen) atoms. The fourth-order valence-corrected chi connectivity index (χ4v) is 4.25. The molecular formula is C27H31N3O7. The van der Waals surface area contributed by atoms with Crippen LogP contribution in [-0.2, 0) is 24.3 Å². The number of ether oxygens (including phenoxy) is 4. The average molecular weight is 510 g/mol. The van der Waals surface area contributed by atoms with E-state index in [4.69, 9.17) is 23.4 Å². The van der Waals surface area contributed by atoms with Gasteiger partial charge in [0.25, 0.3) is 0 Å². The molecule has 0 spiro atoms. The molecule has 0 unspecified atom stereocenters. The van der Waals surface area contributed by atoms with Crippen LogP contribution in [-0.4, -0.2) is 63.3 Å². The molecule has 1 aliphatic heterocycles. The lowest BCUT2D eigenvalue weighted by atomic mass is 9.98. The molecule has 2 aromatic carbocycles. The molecule has 3 aromatic rings. The summed E-state index contributed by atoms with van der Waals surface area (Å²) in [7, 11) is 6.24. The van der Waals surface area contributed by atoms with Crippen molar-refractivity contribution in [1.82, 2.24) is 9.80 Å². The lowest BCUT2D eigenvalue weighted by Gasteiger charge is -2.31. The first-order valence-corrected chi connectivity index (χ1v) is 11.8. The Labute approximate surface area is 215 Å². The van der Waals surface area contributed by atoms with Crippen molar-refractivity contribution in [3.05, 3.63) is 65.6 Å². The molecule has 0 saturated carbocycles. The van der Waals surface area contributed by atoms with Crippen LogP contribution in [0.5, 0.6) is 23.0 Å². The van der Waals surface area contributed by atoms with Crippen LogP contribution in [0.1, 0.15) is 16.9 Å². The number of carbonyl (C=O) groups excluding carboxylic acids is 2. The fraction of sp³-hybridized carbons (Fsp3) is 0.333. The van der Waals surface area contributed by atoms with Gasteiger partial charge in [-0.2, -0.15) is 0 Å². The first-order valence-electron chi connectivity index (χ1n) is 11.8. The summed E-state index contributed by atoms with van der Waals surface area (Å²) in [5.41, 5.74) is 2.55. The Morgan fingerprint density at radius 2 is 1.68 bits per heavy atom. The molecule has 4 rings (SSSR count). The second-order valence-electron chi connectivity index (χ2n) is 8.47. The van der Waals surface area contributed by atoms with Gasteiger partial charge < -0.3 is 38.5 Å². The van der Waals surface area contributed by atoms with Gasteiger partial charge in [0.1, 0.15) is 23.8 Å². The average Bonchev–Trinajstić information content (AvgIpc) is 3.44. The SMILES string of the molecule is COc1ccc(NC(=O)N(CC(=O)N2CCc3cc(OC)c(OC)cc3C2)Cc2ccco2)c(OC)c1. The van der Waals surface area contributed by atoms with Crippen LogP contribution in [0.15, 0.2) is 53.1 Å². The molecule has 0 radical (unpaired) electrons. The number of fused-ring (bicyclic) bond motifs is 1. The number of anilines is 1. The summed E-state index contributed by atoms with van der Waals surface area (Å²) in [4.78, 5) is 29.8. The molecule has 0 atom stereocenters. The summed E-state index contributed by atoms with van der Waals surface area (Å²) in [6, 6.07) is 12.0. The molecule has 0 fully saturated rings. The first kappa shape index (κ1) is 25.7. The Hall–Kier alpha value is -4.34. The van der Waals surface area contributed by atoms with Crippen molar-refractivity contribution >= 4 is 17.6 Å². The molecule has 0 aliphatic carbocycles. The van der Waals surface area contributed by atoms with E-state index >= 15 is 0 Å². The topological polar surface area (TPSA) is 103 Å². The highest BCUT2D eigenvalue weighted by Gasteiger charge is 2.27. The van der Waals surface area contributed by atoms with Crippen molar-refractivity contribution in [3.8, 4) is 23.0 Å². The lowest BCUT2D eigenvalue weighted by Crippen LogP contribution is -2.45. The zero-order valence-corrected chi connectivity index (χ0v) is 21.4. The van der Waals surface area contributed by atoms with E-state index < -0.39 is 6.03 Å². The van der Waals surface area contributed by atoms with Crippen molar-refractivity contribution < 1.29 is 33.0 Å². The maximum absolute atomic E-state index is 13.4. The molecule has 0 bridgehead atoms. The maximum Gasteiger partial charge on any atom is 0.322 e. The Morgan fingerprint density at radius 1 is 0.946 bits per heavy atom. The minimum atomic E-state index is -0.461. The van der Waals surface area contributed by atoms with Crippen molar-refractivity contribution in [1.29, 1.82) is 0 Å². The van der Waals surface area contributed by atoms with Crippen LogP contribution < -0.4 is 24.3 Å². The molecule has 196 valence electrons. The number of furan rings is 1. The van der Waals surface area contributed by atoms with Gasteiger partial charge in [-0.05, 0) is 53.9 Å². The van der Waals surface area contributed by atoms with Gasteiger partial charge in [-0.25, -0.2) is 4.79 Å². The predicted octanol–water partition coefficient (Wildman–Crippen LogP) is 3.93. The monoisotopic (exact) mass is 509 g/mol. The number of hydrogen-bond acceptors (Lipinski definition) is 7. The van der Waals surface area contributed by atoms with Gasteiger partial charge in [-0.15, -0.1) is 0 Å². The van der Waals surface area contributed by atoms with E-state index in [1.807, 2.05) is 12.1 Å². The highest BCUT2D eigenvalue weighted by Crippen LogP contribution is 2.33. The Bertz CT molecular complexity index is 1240. The second-order valence-corrected chi connectivity index (χ2v) is 8.47. The molecule has 1 aliphatic rings. The molecule has 10 heteroatoms. The third kappa shape index (κ3) is 5.91. The largest absolute Gasteiger partial charge is 0.497 e. The number of benzene rings is 2. The van der Waals surface area contributed by atoms with Crippen LogP contribution in [0.4, 0.5) is 10.5 Å². The standard InChI is InChI=1S/C27H31N3O7/c1-33-20-7-8-22(23(14-20)34-2)28-27(32)30(16-21-6-5-11-37-21)17-26(31)29-10-9-18-12-24(35-3)25(36-4)13-19(18)15-29/h5-8,11-14H,9-10,15-17H2,1-4H3,(H,28,32). The Balaban J connectivity index is 1.50. The van der Waals surface area contributed by atoms with E-state index in [2.05, 4.69) is 5.32 Å². The summed E-state index contributed by atoms with van der Waals surface area (Å²) in [5, 5.41) is 2.84. The summed E-state index contributed by atoms with van der Waals surface area (Å²) in [6.45, 7) is 0.937. The minimum absolute atomic E-state index is 0.124. The number of amides is 3. The van der Waals surface area contributed by atoms with Crippen LogP contribution >= 0.6 is 0 Å². The van der Waals surface area contributed by atoms with Gasteiger partial charge in [0.2, 0.25) is 5.91 Å². The predicted molar refractivity (Wildman–Crippen MR) is 136 cm³/mol. The number of urea groups is 1. The van der Waals surface area contributed by atoms with Gasteiger partial charge in [0, 0.05) is 19.2 Å². The summed E-state index contributed by atoms with van der Waals surface area (Å²) in [5.74, 6) is 2.69. The van der Waals surface area contributed by atoms with E-state index in [1.165, 1.54) is 18.3 Å². The Kier molecular flexibility index (Phi) is 8.07. The smallest absolute Gasteiger partial charge is 0.322 e. The van der Waals surface area contributed by atoms with Gasteiger partial charge in [0.05, 0.1) is 46.9 Å². The fourth-order valence-electron chi connectivity index (χ4n) is 4.25. The number of rotatable bonds is 9. The van der Waals surface area contributed by atoms with Crippen molar-refractivity contribution in [2.75, 3.05) is 46.8 Å². The Morgan fingerprint density at radius 3 is 2.32 bits per heavy atom. The number of methoxy groups -OCH3 is 4. The third-order valence-corrected chi connectivity index (χ3v) is 6.26. The van der Waals surface area contributed by atoms with Gasteiger partial charge in [0.15, 0.2) is 11.5 Å². The molecular weight excluding hydrogens is 478 g/mol. The van der Waals surface area contributed by atoms with Crippen molar-refractivity contribution in [3.63, 3.8) is 0 Å². The van der Waals surface area contributed by atoms with Crippen LogP contribution in [0.2, 0.25) is 0 Å². The molecule has 3 amide bonds. The van der Waals surface area contributed by atoms with Gasteiger partial charge >= 0.3 is 6.03 Å². The maximum atomic E-state index is 13.4. The van der Waals surface area contributed by atoms with Crippen LogP contribution in [0.3, 0.4) is 0 Å². The zero-order chi connectivity index (χ0) is 26.4. The molecule has 1 N–H and O–H groups in total. The van der Waals surface area contributed by atoms with Crippen molar-refractivity contribution in [2.24, 2.45) is 0 Å². The number of hydrogen-bond donors (Lipinski definition) is 1. The normalized spacial score (nSPS) is 12.4. The zero-order valence-electron chi connectivity index (χ0n) is 21.4.